The number of nitrogen functional groups attached to an aromatic ring is 1. The lowest BCUT2D eigenvalue weighted by molar-refractivity contribution is 0.168. The molecule has 24 heavy (non-hydrogen) atoms. The van der Waals surface area contributed by atoms with Gasteiger partial charge in [0.1, 0.15) is 17.4 Å². The van der Waals surface area contributed by atoms with Crippen LogP contribution in [0.25, 0.3) is 0 Å². The highest BCUT2D eigenvalue weighted by Crippen LogP contribution is 2.19. The van der Waals surface area contributed by atoms with Gasteiger partial charge in [0.2, 0.25) is 0 Å². The highest BCUT2D eigenvalue weighted by Gasteiger charge is 2.07. The molecule has 0 saturated heterocycles. The zero-order chi connectivity index (χ0) is 17.4. The van der Waals surface area contributed by atoms with Gasteiger partial charge in [-0.3, -0.25) is 5.32 Å². The van der Waals surface area contributed by atoms with E-state index in [4.69, 9.17) is 15.2 Å². The molecule has 128 valence electrons. The maximum absolute atomic E-state index is 11.4. The van der Waals surface area contributed by atoms with Crippen LogP contribution in [0, 0.1) is 0 Å². The smallest absolute Gasteiger partial charge is 0.411 e. The minimum atomic E-state index is -0.555. The number of hydrogen-bond acceptors (Lipinski definition) is 6. The van der Waals surface area contributed by atoms with E-state index in [1.165, 1.54) is 0 Å². The summed E-state index contributed by atoms with van der Waals surface area (Å²) in [7, 11) is 0. The molecule has 1 aromatic carbocycles. The van der Waals surface area contributed by atoms with Crippen molar-refractivity contribution in [3.63, 3.8) is 0 Å². The monoisotopic (exact) mass is 330 g/mol. The van der Waals surface area contributed by atoms with Gasteiger partial charge in [0.15, 0.2) is 0 Å². The third-order valence-corrected chi connectivity index (χ3v) is 3.14. The van der Waals surface area contributed by atoms with Crippen molar-refractivity contribution < 1.29 is 14.3 Å². The number of rotatable bonds is 7. The molecule has 2 rings (SSSR count). The Morgan fingerprint density at radius 1 is 1.12 bits per heavy atom. The normalized spacial score (nSPS) is 10.1. The molecule has 1 heterocycles. The number of pyridine rings is 1. The molecule has 0 saturated carbocycles. The Bertz CT molecular complexity index is 674. The molecule has 0 aliphatic heterocycles. The van der Waals surface area contributed by atoms with E-state index in [1.807, 2.05) is 31.2 Å². The molecule has 2 aromatic rings. The zero-order valence-corrected chi connectivity index (χ0v) is 13.8. The molecule has 7 heteroatoms. The van der Waals surface area contributed by atoms with Gasteiger partial charge in [-0.25, -0.2) is 9.78 Å². The van der Waals surface area contributed by atoms with Crippen LogP contribution in [-0.2, 0) is 11.3 Å². The molecule has 7 nitrogen and oxygen atoms in total. The predicted molar refractivity (Wildman–Crippen MR) is 94.2 cm³/mol. The molecule has 0 fully saturated rings. The Balaban J connectivity index is 1.93. The summed E-state index contributed by atoms with van der Waals surface area (Å²) in [5.74, 6) is 1.69. The number of aromatic nitrogens is 1. The van der Waals surface area contributed by atoms with Crippen molar-refractivity contribution in [2.75, 3.05) is 29.6 Å². The first-order valence-electron chi connectivity index (χ1n) is 7.78. The quantitative estimate of drug-likeness (QED) is 0.721. The first-order valence-corrected chi connectivity index (χ1v) is 7.78. The lowest BCUT2D eigenvalue weighted by Crippen LogP contribution is -2.15. The van der Waals surface area contributed by atoms with Gasteiger partial charge in [-0.05, 0) is 43.7 Å². The molecule has 0 radical (unpaired) electrons. The van der Waals surface area contributed by atoms with E-state index >= 15 is 0 Å². The molecular formula is C17H22N4O3. The van der Waals surface area contributed by atoms with Crippen molar-refractivity contribution in [1.82, 2.24) is 4.98 Å². The largest absolute Gasteiger partial charge is 0.494 e. The average Bonchev–Trinajstić information content (AvgIpc) is 2.57. The second-order valence-electron chi connectivity index (χ2n) is 4.91. The molecule has 4 N–H and O–H groups in total. The van der Waals surface area contributed by atoms with Crippen LogP contribution in [0.5, 0.6) is 5.75 Å². The van der Waals surface area contributed by atoms with Gasteiger partial charge >= 0.3 is 6.09 Å². The maximum Gasteiger partial charge on any atom is 0.411 e. The van der Waals surface area contributed by atoms with E-state index in [0.29, 0.717) is 31.3 Å². The van der Waals surface area contributed by atoms with E-state index < -0.39 is 6.09 Å². The second kappa shape index (κ2) is 8.61. The van der Waals surface area contributed by atoms with Crippen LogP contribution in [0.2, 0.25) is 0 Å². The summed E-state index contributed by atoms with van der Waals surface area (Å²) in [6.07, 6.45) is -0.555. The van der Waals surface area contributed by atoms with E-state index in [1.54, 1.807) is 19.1 Å². The summed E-state index contributed by atoms with van der Waals surface area (Å²) in [5.41, 5.74) is 7.36. The Kier molecular flexibility index (Phi) is 6.24. The van der Waals surface area contributed by atoms with Gasteiger partial charge in [0.25, 0.3) is 0 Å². The number of nitrogens with two attached hydrogens (primary N) is 1. The number of carbonyl (C=O) groups is 1. The summed E-state index contributed by atoms with van der Waals surface area (Å²) in [5, 5.41) is 5.72. The number of ether oxygens (including phenoxy) is 2. The van der Waals surface area contributed by atoms with E-state index in [2.05, 4.69) is 15.6 Å². The van der Waals surface area contributed by atoms with Crippen LogP contribution >= 0.6 is 0 Å². The Morgan fingerprint density at radius 3 is 2.50 bits per heavy atom. The number of carbonyl (C=O) groups excluding carboxylic acids is 1. The van der Waals surface area contributed by atoms with E-state index in [-0.39, 0.29) is 5.82 Å². The molecule has 0 bridgehead atoms. The fourth-order valence-electron chi connectivity index (χ4n) is 2.02. The first kappa shape index (κ1) is 17.4. The summed E-state index contributed by atoms with van der Waals surface area (Å²) in [4.78, 5) is 15.6. The van der Waals surface area contributed by atoms with E-state index in [9.17, 15) is 4.79 Å². The van der Waals surface area contributed by atoms with Crippen molar-refractivity contribution in [3.05, 3.63) is 42.0 Å². The van der Waals surface area contributed by atoms with Gasteiger partial charge in [-0.15, -0.1) is 0 Å². The SMILES string of the molecule is CCOC(=O)Nc1ccc(NCc2ccc(OCC)cc2)nc1N. The molecule has 1 aromatic heterocycles. The van der Waals surface area contributed by atoms with Crippen molar-refractivity contribution in [3.8, 4) is 5.75 Å². The van der Waals surface area contributed by atoms with Crippen LogP contribution in [0.3, 0.4) is 0 Å². The Hall–Kier alpha value is -2.96. The molecule has 0 unspecified atom stereocenters. The molecule has 0 aliphatic rings. The summed E-state index contributed by atoms with van der Waals surface area (Å²) >= 11 is 0. The van der Waals surface area contributed by atoms with Crippen LogP contribution < -0.4 is 21.1 Å². The van der Waals surface area contributed by atoms with Gasteiger partial charge in [-0.2, -0.15) is 0 Å². The molecule has 1 amide bonds. The summed E-state index contributed by atoms with van der Waals surface area (Å²) < 4.78 is 10.2. The van der Waals surface area contributed by atoms with Gasteiger partial charge in [0.05, 0.1) is 18.9 Å². The maximum atomic E-state index is 11.4. The highest BCUT2D eigenvalue weighted by atomic mass is 16.5. The number of amides is 1. The topological polar surface area (TPSA) is 98.5 Å². The van der Waals surface area contributed by atoms with Crippen LogP contribution in [-0.4, -0.2) is 24.3 Å². The Morgan fingerprint density at radius 2 is 1.88 bits per heavy atom. The second-order valence-corrected chi connectivity index (χ2v) is 4.91. The number of anilines is 3. The number of nitrogens with one attached hydrogen (secondary N) is 2. The molecule has 0 atom stereocenters. The molecular weight excluding hydrogens is 308 g/mol. The van der Waals surface area contributed by atoms with Crippen LogP contribution in [0.4, 0.5) is 22.1 Å². The third kappa shape index (κ3) is 5.05. The van der Waals surface area contributed by atoms with Crippen molar-refractivity contribution in [1.29, 1.82) is 0 Å². The van der Waals surface area contributed by atoms with Crippen LogP contribution in [0.1, 0.15) is 19.4 Å². The fourth-order valence-corrected chi connectivity index (χ4v) is 2.02. The van der Waals surface area contributed by atoms with Gasteiger partial charge < -0.3 is 20.5 Å². The third-order valence-electron chi connectivity index (χ3n) is 3.14. The lowest BCUT2D eigenvalue weighted by Gasteiger charge is -2.11. The fraction of sp³-hybridized carbons (Fsp3) is 0.294. The summed E-state index contributed by atoms with van der Waals surface area (Å²) in [6, 6.07) is 11.2. The number of hydrogen-bond donors (Lipinski definition) is 3. The molecule has 0 spiro atoms. The number of benzene rings is 1. The zero-order valence-electron chi connectivity index (χ0n) is 13.8. The van der Waals surface area contributed by atoms with Crippen molar-refractivity contribution in [2.45, 2.75) is 20.4 Å². The average molecular weight is 330 g/mol. The first-order chi connectivity index (χ1) is 11.6. The lowest BCUT2D eigenvalue weighted by atomic mass is 10.2. The highest BCUT2D eigenvalue weighted by molar-refractivity contribution is 5.88. The van der Waals surface area contributed by atoms with Crippen LogP contribution in [0.15, 0.2) is 36.4 Å². The van der Waals surface area contributed by atoms with Crippen molar-refractivity contribution in [2.24, 2.45) is 0 Å². The standard InChI is InChI=1S/C17H22N4O3/c1-3-23-13-7-5-12(6-8-13)11-19-15-10-9-14(16(18)21-15)20-17(22)24-4-2/h5-10H,3-4,11H2,1-2H3,(H,20,22)(H3,18,19,21). The summed E-state index contributed by atoms with van der Waals surface area (Å²) in [6.45, 7) is 5.22. The van der Waals surface area contributed by atoms with Gasteiger partial charge in [-0.1, -0.05) is 12.1 Å². The van der Waals surface area contributed by atoms with E-state index in [0.717, 1.165) is 11.3 Å². The van der Waals surface area contributed by atoms with Crippen molar-refractivity contribution >= 4 is 23.4 Å². The minimum Gasteiger partial charge on any atom is -0.494 e. The minimum absolute atomic E-state index is 0.222. The Labute approximate surface area is 141 Å². The molecule has 0 aliphatic carbocycles. The predicted octanol–water partition coefficient (Wildman–Crippen LogP) is 3.24. The van der Waals surface area contributed by atoms with Gasteiger partial charge in [0, 0.05) is 6.54 Å². The number of nitrogens with zero attached hydrogens (tertiary/aromatic N) is 1.